The van der Waals surface area contributed by atoms with E-state index in [1.807, 2.05) is 11.8 Å². The molecule has 0 bridgehead atoms. The smallest absolute Gasteiger partial charge is 0.0345 e. The lowest BCUT2D eigenvalue weighted by Crippen LogP contribution is -2.15. The highest BCUT2D eigenvalue weighted by atomic mass is 32.2. The van der Waals surface area contributed by atoms with Crippen molar-refractivity contribution in [3.8, 4) is 0 Å². The fourth-order valence-corrected chi connectivity index (χ4v) is 3.00. The third-order valence-corrected chi connectivity index (χ3v) is 3.93. The van der Waals surface area contributed by atoms with Crippen LogP contribution in [0.3, 0.4) is 0 Å². The number of hydrogen-bond donors (Lipinski definition) is 1. The van der Waals surface area contributed by atoms with Crippen LogP contribution in [0.25, 0.3) is 0 Å². The van der Waals surface area contributed by atoms with E-state index in [9.17, 15) is 0 Å². The molecule has 0 heterocycles. The second-order valence-electron chi connectivity index (χ2n) is 4.89. The van der Waals surface area contributed by atoms with Gasteiger partial charge >= 0.3 is 0 Å². The zero-order valence-electron chi connectivity index (χ0n) is 10.2. The Morgan fingerprint density at radius 2 is 2.25 bits per heavy atom. The lowest BCUT2D eigenvalue weighted by atomic mass is 10.1. The van der Waals surface area contributed by atoms with Crippen molar-refractivity contribution in [3.05, 3.63) is 29.8 Å². The molecule has 88 valence electrons. The van der Waals surface area contributed by atoms with E-state index in [-0.39, 0.29) is 0 Å². The molecule has 1 N–H and O–H groups in total. The molecule has 1 fully saturated rings. The SMILES string of the molecule is CSCc1cccc(NC2CCC(C)C2)c1. The first kappa shape index (κ1) is 11.8. The zero-order valence-corrected chi connectivity index (χ0v) is 11.0. The third-order valence-electron chi connectivity index (χ3n) is 3.30. The number of benzene rings is 1. The first-order chi connectivity index (χ1) is 7.78. The van der Waals surface area contributed by atoms with Crippen LogP contribution < -0.4 is 5.32 Å². The highest BCUT2D eigenvalue weighted by Crippen LogP contribution is 2.27. The Morgan fingerprint density at radius 1 is 1.38 bits per heavy atom. The molecule has 0 saturated heterocycles. The number of hydrogen-bond acceptors (Lipinski definition) is 2. The molecule has 1 aliphatic carbocycles. The van der Waals surface area contributed by atoms with Gasteiger partial charge in [-0.3, -0.25) is 0 Å². The van der Waals surface area contributed by atoms with E-state index in [0.29, 0.717) is 6.04 Å². The molecule has 2 unspecified atom stereocenters. The van der Waals surface area contributed by atoms with Crippen molar-refractivity contribution in [1.82, 2.24) is 0 Å². The van der Waals surface area contributed by atoms with E-state index < -0.39 is 0 Å². The lowest BCUT2D eigenvalue weighted by molar-refractivity contribution is 0.602. The van der Waals surface area contributed by atoms with Gasteiger partial charge in [0.2, 0.25) is 0 Å². The van der Waals surface area contributed by atoms with E-state index in [4.69, 9.17) is 0 Å². The summed E-state index contributed by atoms with van der Waals surface area (Å²) in [6, 6.07) is 9.54. The van der Waals surface area contributed by atoms with E-state index in [1.165, 1.54) is 30.5 Å². The first-order valence-corrected chi connectivity index (χ1v) is 7.51. The monoisotopic (exact) mass is 235 g/mol. The largest absolute Gasteiger partial charge is 0.382 e. The Morgan fingerprint density at radius 3 is 2.94 bits per heavy atom. The predicted molar refractivity (Wildman–Crippen MR) is 74.1 cm³/mol. The summed E-state index contributed by atoms with van der Waals surface area (Å²) in [6.45, 7) is 2.35. The summed E-state index contributed by atoms with van der Waals surface area (Å²) in [6.07, 6.45) is 6.18. The van der Waals surface area contributed by atoms with Crippen molar-refractivity contribution < 1.29 is 0 Å². The molecule has 0 amide bonds. The van der Waals surface area contributed by atoms with Crippen molar-refractivity contribution in [2.24, 2.45) is 5.92 Å². The van der Waals surface area contributed by atoms with Gasteiger partial charge in [-0.15, -0.1) is 0 Å². The van der Waals surface area contributed by atoms with Crippen LogP contribution in [0.1, 0.15) is 31.7 Å². The van der Waals surface area contributed by atoms with Crippen LogP contribution in [0, 0.1) is 5.92 Å². The molecule has 0 spiro atoms. The van der Waals surface area contributed by atoms with Crippen molar-refractivity contribution in [3.63, 3.8) is 0 Å². The Hall–Kier alpha value is -0.630. The summed E-state index contributed by atoms with van der Waals surface area (Å²) in [7, 11) is 0. The van der Waals surface area contributed by atoms with Gasteiger partial charge in [-0.1, -0.05) is 19.1 Å². The molecule has 2 heteroatoms. The molecule has 1 saturated carbocycles. The van der Waals surface area contributed by atoms with E-state index in [1.54, 1.807) is 0 Å². The minimum atomic E-state index is 0.694. The van der Waals surface area contributed by atoms with Crippen molar-refractivity contribution in [1.29, 1.82) is 0 Å². The Bertz CT molecular complexity index is 337. The molecule has 16 heavy (non-hydrogen) atoms. The molecule has 1 aromatic rings. The summed E-state index contributed by atoms with van der Waals surface area (Å²) < 4.78 is 0. The summed E-state index contributed by atoms with van der Waals surface area (Å²) in [5.41, 5.74) is 2.72. The van der Waals surface area contributed by atoms with Gasteiger partial charge in [0.25, 0.3) is 0 Å². The fourth-order valence-electron chi connectivity index (χ4n) is 2.49. The minimum absolute atomic E-state index is 0.694. The van der Waals surface area contributed by atoms with Gasteiger partial charge in [0, 0.05) is 17.5 Å². The van der Waals surface area contributed by atoms with Gasteiger partial charge in [0.05, 0.1) is 0 Å². The van der Waals surface area contributed by atoms with Crippen LogP contribution >= 0.6 is 11.8 Å². The highest BCUT2D eigenvalue weighted by Gasteiger charge is 2.20. The minimum Gasteiger partial charge on any atom is -0.382 e. The Kier molecular flexibility index (Phi) is 4.16. The zero-order chi connectivity index (χ0) is 11.4. The van der Waals surface area contributed by atoms with Gasteiger partial charge in [-0.05, 0) is 49.1 Å². The van der Waals surface area contributed by atoms with Gasteiger partial charge in [0.1, 0.15) is 0 Å². The molecule has 1 aliphatic rings. The molecule has 1 nitrogen and oxygen atoms in total. The first-order valence-electron chi connectivity index (χ1n) is 6.12. The maximum Gasteiger partial charge on any atom is 0.0345 e. The quantitative estimate of drug-likeness (QED) is 0.841. The van der Waals surface area contributed by atoms with Crippen molar-refractivity contribution in [2.75, 3.05) is 11.6 Å². The second kappa shape index (κ2) is 5.62. The number of thioether (sulfide) groups is 1. The summed E-state index contributed by atoms with van der Waals surface area (Å²) >= 11 is 1.88. The molecule has 2 atom stereocenters. The van der Waals surface area contributed by atoms with Crippen LogP contribution in [0.15, 0.2) is 24.3 Å². The van der Waals surface area contributed by atoms with E-state index in [2.05, 4.69) is 42.8 Å². The number of nitrogens with one attached hydrogen (secondary N) is 1. The van der Waals surface area contributed by atoms with Gasteiger partial charge in [0.15, 0.2) is 0 Å². The van der Waals surface area contributed by atoms with E-state index >= 15 is 0 Å². The van der Waals surface area contributed by atoms with Crippen LogP contribution in [0.4, 0.5) is 5.69 Å². The lowest BCUT2D eigenvalue weighted by Gasteiger charge is -2.14. The maximum absolute atomic E-state index is 3.66. The van der Waals surface area contributed by atoms with Gasteiger partial charge < -0.3 is 5.32 Å². The molecular weight excluding hydrogens is 214 g/mol. The normalized spacial score (nSPS) is 24.6. The highest BCUT2D eigenvalue weighted by molar-refractivity contribution is 7.97. The Labute approximate surface area is 103 Å². The van der Waals surface area contributed by atoms with Gasteiger partial charge in [-0.25, -0.2) is 0 Å². The number of anilines is 1. The van der Waals surface area contributed by atoms with Crippen LogP contribution in [0.2, 0.25) is 0 Å². The summed E-state index contributed by atoms with van der Waals surface area (Å²) in [4.78, 5) is 0. The topological polar surface area (TPSA) is 12.0 Å². The average molecular weight is 235 g/mol. The average Bonchev–Trinajstić information content (AvgIpc) is 2.65. The molecule has 0 aromatic heterocycles. The van der Waals surface area contributed by atoms with Crippen molar-refractivity contribution in [2.45, 2.75) is 38.0 Å². The molecule has 1 aromatic carbocycles. The maximum atomic E-state index is 3.66. The molecular formula is C14H21NS. The van der Waals surface area contributed by atoms with Gasteiger partial charge in [-0.2, -0.15) is 11.8 Å². The number of rotatable bonds is 4. The van der Waals surface area contributed by atoms with Crippen molar-refractivity contribution >= 4 is 17.4 Å². The molecule has 2 rings (SSSR count). The van der Waals surface area contributed by atoms with Crippen LogP contribution in [-0.4, -0.2) is 12.3 Å². The second-order valence-corrected chi connectivity index (χ2v) is 5.76. The third kappa shape index (κ3) is 3.18. The fraction of sp³-hybridized carbons (Fsp3) is 0.571. The molecule has 0 radical (unpaired) electrons. The predicted octanol–water partition coefficient (Wildman–Crippen LogP) is 4.15. The summed E-state index contributed by atoms with van der Waals surface area (Å²) in [5.74, 6) is 2.00. The standard InChI is InChI=1S/C14H21NS/c1-11-6-7-14(8-11)15-13-5-3-4-12(9-13)10-16-2/h3-5,9,11,14-15H,6-8,10H2,1-2H3. The van der Waals surface area contributed by atoms with E-state index in [0.717, 1.165) is 11.7 Å². The summed E-state index contributed by atoms with van der Waals surface area (Å²) in [5, 5.41) is 3.66. The van der Waals surface area contributed by atoms with Crippen LogP contribution in [-0.2, 0) is 5.75 Å². The van der Waals surface area contributed by atoms with Crippen LogP contribution in [0.5, 0.6) is 0 Å². The Balaban J connectivity index is 1.95. The molecule has 0 aliphatic heterocycles.